The third-order valence-electron chi connectivity index (χ3n) is 4.22. The number of aryl methyl sites for hydroxylation is 2. The number of hydrogen-bond acceptors (Lipinski definition) is 2. The lowest BCUT2D eigenvalue weighted by Crippen LogP contribution is -2.35. The molecule has 1 aliphatic rings. The van der Waals surface area contributed by atoms with Crippen molar-refractivity contribution in [3.63, 3.8) is 0 Å². The van der Waals surface area contributed by atoms with E-state index in [1.54, 1.807) is 0 Å². The Labute approximate surface area is 117 Å². The van der Waals surface area contributed by atoms with E-state index in [0.717, 1.165) is 18.5 Å². The molecule has 0 aliphatic heterocycles. The van der Waals surface area contributed by atoms with Crippen molar-refractivity contribution in [2.24, 2.45) is 0 Å². The Bertz CT molecular complexity index is 402. The summed E-state index contributed by atoms with van der Waals surface area (Å²) in [6.07, 6.45) is 6.59. The predicted octanol–water partition coefficient (Wildman–Crippen LogP) is 3.38. The molecule has 2 atom stereocenters. The van der Waals surface area contributed by atoms with Gasteiger partial charge < -0.3 is 10.4 Å². The van der Waals surface area contributed by atoms with E-state index in [4.69, 9.17) is 0 Å². The molecule has 0 fully saturated rings. The van der Waals surface area contributed by atoms with Crippen molar-refractivity contribution in [2.45, 2.75) is 64.5 Å². The summed E-state index contributed by atoms with van der Waals surface area (Å²) in [5.41, 5.74) is 4.00. The SMILES string of the molecule is CCCCNC(CC)C(O)c1ccc2c(c1)CCC2. The summed E-state index contributed by atoms with van der Waals surface area (Å²) in [5, 5.41) is 14.0. The Balaban J connectivity index is 2.02. The van der Waals surface area contributed by atoms with Gasteiger partial charge in [0.1, 0.15) is 0 Å². The highest BCUT2D eigenvalue weighted by molar-refractivity contribution is 5.36. The van der Waals surface area contributed by atoms with E-state index in [9.17, 15) is 5.11 Å². The number of rotatable bonds is 7. The molecule has 2 N–H and O–H groups in total. The second kappa shape index (κ2) is 7.06. The van der Waals surface area contributed by atoms with E-state index in [2.05, 4.69) is 37.4 Å². The first-order valence-electron chi connectivity index (χ1n) is 7.79. The number of unbranched alkanes of at least 4 members (excludes halogenated alkanes) is 1. The quantitative estimate of drug-likeness (QED) is 0.738. The fourth-order valence-electron chi connectivity index (χ4n) is 2.95. The monoisotopic (exact) mass is 261 g/mol. The fourth-order valence-corrected chi connectivity index (χ4v) is 2.95. The van der Waals surface area contributed by atoms with E-state index in [-0.39, 0.29) is 12.1 Å². The van der Waals surface area contributed by atoms with Crippen LogP contribution in [0.1, 0.15) is 62.3 Å². The number of benzene rings is 1. The van der Waals surface area contributed by atoms with Gasteiger partial charge in [0.05, 0.1) is 6.10 Å². The van der Waals surface area contributed by atoms with Gasteiger partial charge in [0, 0.05) is 6.04 Å². The molecule has 2 heteroatoms. The Hall–Kier alpha value is -0.860. The van der Waals surface area contributed by atoms with Crippen molar-refractivity contribution >= 4 is 0 Å². The van der Waals surface area contributed by atoms with Gasteiger partial charge in [-0.05, 0) is 55.3 Å². The first kappa shape index (κ1) is 14.5. The molecule has 0 heterocycles. The molecule has 1 aliphatic carbocycles. The lowest BCUT2D eigenvalue weighted by Gasteiger charge is -2.24. The fraction of sp³-hybridized carbons (Fsp3) is 0.647. The molecule has 0 radical (unpaired) electrons. The number of aliphatic hydroxyl groups excluding tert-OH is 1. The summed E-state index contributed by atoms with van der Waals surface area (Å²) in [4.78, 5) is 0. The summed E-state index contributed by atoms with van der Waals surface area (Å²) in [6.45, 7) is 5.33. The van der Waals surface area contributed by atoms with Crippen LogP contribution in [0.3, 0.4) is 0 Å². The molecule has 2 rings (SSSR count). The molecule has 0 bridgehead atoms. The van der Waals surface area contributed by atoms with Gasteiger partial charge in [-0.25, -0.2) is 0 Å². The highest BCUT2D eigenvalue weighted by atomic mass is 16.3. The molecule has 0 saturated carbocycles. The van der Waals surface area contributed by atoms with Gasteiger partial charge in [0.2, 0.25) is 0 Å². The second-order valence-electron chi connectivity index (χ2n) is 5.65. The van der Waals surface area contributed by atoms with Crippen molar-refractivity contribution in [1.82, 2.24) is 5.32 Å². The van der Waals surface area contributed by atoms with Gasteiger partial charge >= 0.3 is 0 Å². The van der Waals surface area contributed by atoms with Crippen molar-refractivity contribution < 1.29 is 5.11 Å². The lowest BCUT2D eigenvalue weighted by molar-refractivity contribution is 0.126. The van der Waals surface area contributed by atoms with E-state index in [1.807, 2.05) is 0 Å². The Morgan fingerprint density at radius 2 is 2.00 bits per heavy atom. The van der Waals surface area contributed by atoms with Crippen LogP contribution >= 0.6 is 0 Å². The van der Waals surface area contributed by atoms with E-state index in [0.29, 0.717) is 0 Å². The maximum absolute atomic E-state index is 10.5. The highest BCUT2D eigenvalue weighted by Gasteiger charge is 2.20. The third-order valence-corrected chi connectivity index (χ3v) is 4.22. The van der Waals surface area contributed by atoms with Crippen LogP contribution in [0, 0.1) is 0 Å². The third kappa shape index (κ3) is 3.58. The molecule has 2 nitrogen and oxygen atoms in total. The molecule has 106 valence electrons. The van der Waals surface area contributed by atoms with Gasteiger partial charge in [0.25, 0.3) is 0 Å². The van der Waals surface area contributed by atoms with Gasteiger partial charge in [-0.15, -0.1) is 0 Å². The summed E-state index contributed by atoms with van der Waals surface area (Å²) >= 11 is 0. The van der Waals surface area contributed by atoms with Crippen molar-refractivity contribution in [3.05, 3.63) is 34.9 Å². The van der Waals surface area contributed by atoms with E-state index < -0.39 is 0 Å². The molecular weight excluding hydrogens is 234 g/mol. The number of aliphatic hydroxyl groups is 1. The van der Waals surface area contributed by atoms with Crippen LogP contribution < -0.4 is 5.32 Å². The number of nitrogens with one attached hydrogen (secondary N) is 1. The summed E-state index contributed by atoms with van der Waals surface area (Å²) in [6, 6.07) is 6.71. The zero-order valence-electron chi connectivity index (χ0n) is 12.3. The zero-order chi connectivity index (χ0) is 13.7. The average Bonchev–Trinajstić information content (AvgIpc) is 2.90. The van der Waals surface area contributed by atoms with Crippen LogP contribution in [0.2, 0.25) is 0 Å². The maximum atomic E-state index is 10.5. The van der Waals surface area contributed by atoms with Gasteiger partial charge in [-0.3, -0.25) is 0 Å². The molecule has 1 aromatic carbocycles. The zero-order valence-corrected chi connectivity index (χ0v) is 12.3. The Morgan fingerprint density at radius 3 is 2.74 bits per heavy atom. The van der Waals surface area contributed by atoms with Crippen LogP contribution in [0.25, 0.3) is 0 Å². The smallest absolute Gasteiger partial charge is 0.0942 e. The highest BCUT2D eigenvalue weighted by Crippen LogP contribution is 2.27. The Kier molecular flexibility index (Phi) is 5.41. The molecular formula is C17H27NO. The second-order valence-corrected chi connectivity index (χ2v) is 5.65. The number of fused-ring (bicyclic) bond motifs is 1. The number of hydrogen-bond donors (Lipinski definition) is 2. The topological polar surface area (TPSA) is 32.3 Å². The van der Waals surface area contributed by atoms with Gasteiger partial charge in [-0.1, -0.05) is 38.5 Å². The minimum atomic E-state index is -0.382. The molecule has 0 saturated heterocycles. The minimum Gasteiger partial charge on any atom is -0.387 e. The van der Waals surface area contributed by atoms with Crippen molar-refractivity contribution in [1.29, 1.82) is 0 Å². The van der Waals surface area contributed by atoms with Gasteiger partial charge in [-0.2, -0.15) is 0 Å². The minimum absolute atomic E-state index is 0.172. The molecule has 1 aromatic rings. The maximum Gasteiger partial charge on any atom is 0.0942 e. The average molecular weight is 261 g/mol. The van der Waals surface area contributed by atoms with Crippen molar-refractivity contribution in [3.8, 4) is 0 Å². The van der Waals surface area contributed by atoms with Crippen LogP contribution in [-0.2, 0) is 12.8 Å². The van der Waals surface area contributed by atoms with Crippen LogP contribution in [0.5, 0.6) is 0 Å². The summed E-state index contributed by atoms with van der Waals surface area (Å²) in [5.74, 6) is 0. The molecule has 0 aromatic heterocycles. The van der Waals surface area contributed by atoms with Crippen molar-refractivity contribution in [2.75, 3.05) is 6.54 Å². The molecule has 19 heavy (non-hydrogen) atoms. The first-order chi connectivity index (χ1) is 9.26. The molecule has 2 unspecified atom stereocenters. The van der Waals surface area contributed by atoms with Gasteiger partial charge in [0.15, 0.2) is 0 Å². The standard InChI is InChI=1S/C17H27NO/c1-3-5-11-18-16(4-2)17(19)15-10-9-13-7-6-8-14(13)12-15/h9-10,12,16-19H,3-8,11H2,1-2H3. The normalized spacial score (nSPS) is 17.2. The van der Waals surface area contributed by atoms with Crippen LogP contribution in [0.15, 0.2) is 18.2 Å². The van der Waals surface area contributed by atoms with Crippen LogP contribution in [0.4, 0.5) is 0 Å². The molecule has 0 spiro atoms. The summed E-state index contributed by atoms with van der Waals surface area (Å²) < 4.78 is 0. The Morgan fingerprint density at radius 1 is 1.21 bits per heavy atom. The van der Waals surface area contributed by atoms with Crippen LogP contribution in [-0.4, -0.2) is 17.7 Å². The predicted molar refractivity (Wildman–Crippen MR) is 80.4 cm³/mol. The first-order valence-corrected chi connectivity index (χ1v) is 7.79. The molecule has 0 amide bonds. The largest absolute Gasteiger partial charge is 0.387 e. The lowest BCUT2D eigenvalue weighted by atomic mass is 9.97. The van der Waals surface area contributed by atoms with E-state index in [1.165, 1.54) is 43.2 Å². The van der Waals surface area contributed by atoms with E-state index >= 15 is 0 Å². The summed E-state index contributed by atoms with van der Waals surface area (Å²) in [7, 11) is 0.